The van der Waals surface area contributed by atoms with Crippen molar-refractivity contribution in [3.05, 3.63) is 23.9 Å². The predicted octanol–water partition coefficient (Wildman–Crippen LogP) is 1.38. The van der Waals surface area contributed by atoms with Crippen molar-refractivity contribution in [3.63, 3.8) is 0 Å². The van der Waals surface area contributed by atoms with Gasteiger partial charge >= 0.3 is 0 Å². The molecule has 0 unspecified atom stereocenters. The molecule has 0 saturated carbocycles. The number of nitrogens with zero attached hydrogens (tertiary/aromatic N) is 2. The highest BCUT2D eigenvalue weighted by atomic mass is 16.2. The van der Waals surface area contributed by atoms with Gasteiger partial charge in [0.1, 0.15) is 17.6 Å². The molecule has 0 radical (unpaired) electrons. The van der Waals surface area contributed by atoms with Gasteiger partial charge in [-0.15, -0.1) is 0 Å². The highest BCUT2D eigenvalue weighted by molar-refractivity contribution is 5.91. The highest BCUT2D eigenvalue weighted by Crippen LogP contribution is 2.18. The van der Waals surface area contributed by atoms with Gasteiger partial charge in [-0.25, -0.2) is 4.98 Å². The number of anilines is 1. The van der Waals surface area contributed by atoms with E-state index in [1.807, 2.05) is 11.8 Å². The molecule has 2 rings (SSSR count). The zero-order chi connectivity index (χ0) is 15.4. The summed E-state index contributed by atoms with van der Waals surface area (Å²) < 4.78 is 0. The highest BCUT2D eigenvalue weighted by Gasteiger charge is 2.27. The lowest BCUT2D eigenvalue weighted by molar-refractivity contribution is -0.134. The van der Waals surface area contributed by atoms with Crippen LogP contribution in [0.3, 0.4) is 0 Å². The van der Waals surface area contributed by atoms with Gasteiger partial charge in [0, 0.05) is 12.6 Å². The van der Waals surface area contributed by atoms with E-state index in [4.69, 9.17) is 5.73 Å². The number of piperidine rings is 1. The maximum Gasteiger partial charge on any atom is 0.267 e. The number of nitrogens with one attached hydrogen (secondary N) is 1. The topological polar surface area (TPSA) is 88.3 Å². The van der Waals surface area contributed by atoms with Gasteiger partial charge in [-0.3, -0.25) is 9.59 Å². The summed E-state index contributed by atoms with van der Waals surface area (Å²) in [5.41, 5.74) is 5.39. The van der Waals surface area contributed by atoms with Crippen LogP contribution in [0, 0.1) is 0 Å². The smallest absolute Gasteiger partial charge is 0.267 e. The lowest BCUT2D eigenvalue weighted by atomic mass is 10.0. The van der Waals surface area contributed by atoms with E-state index in [0.29, 0.717) is 5.82 Å². The van der Waals surface area contributed by atoms with Gasteiger partial charge in [0.25, 0.3) is 5.91 Å². The molecule has 1 aliphatic rings. The second-order valence-electron chi connectivity index (χ2n) is 5.51. The van der Waals surface area contributed by atoms with E-state index < -0.39 is 5.91 Å². The molecule has 1 aliphatic heterocycles. The first-order valence-corrected chi connectivity index (χ1v) is 7.33. The van der Waals surface area contributed by atoms with Crippen molar-refractivity contribution in [2.45, 2.75) is 45.2 Å². The fourth-order valence-corrected chi connectivity index (χ4v) is 2.61. The third-order valence-corrected chi connectivity index (χ3v) is 3.82. The number of primary amides is 1. The summed E-state index contributed by atoms with van der Waals surface area (Å²) in [7, 11) is 0. The van der Waals surface area contributed by atoms with Crippen LogP contribution in [-0.2, 0) is 4.79 Å². The molecule has 1 aromatic rings. The van der Waals surface area contributed by atoms with Crippen molar-refractivity contribution in [1.82, 2.24) is 9.88 Å². The molecule has 6 nitrogen and oxygen atoms in total. The van der Waals surface area contributed by atoms with E-state index in [1.165, 1.54) is 6.42 Å². The average Bonchev–Trinajstić information content (AvgIpc) is 2.47. The second kappa shape index (κ2) is 6.56. The number of rotatable bonds is 4. The number of likely N-dealkylation sites (tertiary alicyclic amines) is 1. The molecule has 6 heteroatoms. The number of pyridine rings is 1. The Bertz CT molecular complexity index is 532. The van der Waals surface area contributed by atoms with Gasteiger partial charge in [-0.2, -0.15) is 0 Å². The molecule has 0 spiro atoms. The fraction of sp³-hybridized carbons (Fsp3) is 0.533. The van der Waals surface area contributed by atoms with Crippen LogP contribution in [0.1, 0.15) is 43.6 Å². The molecule has 3 N–H and O–H groups in total. The van der Waals surface area contributed by atoms with E-state index in [-0.39, 0.29) is 23.7 Å². The normalized spacial score (nSPS) is 19.9. The van der Waals surface area contributed by atoms with Gasteiger partial charge in [0.2, 0.25) is 5.91 Å². The Labute approximate surface area is 124 Å². The van der Waals surface area contributed by atoms with Gasteiger partial charge in [0.15, 0.2) is 0 Å². The third kappa shape index (κ3) is 3.71. The van der Waals surface area contributed by atoms with Crippen LogP contribution in [0.25, 0.3) is 0 Å². The Morgan fingerprint density at radius 1 is 1.43 bits per heavy atom. The largest absolute Gasteiger partial charge is 0.364 e. The van der Waals surface area contributed by atoms with Crippen molar-refractivity contribution in [2.75, 3.05) is 11.9 Å². The molecule has 1 aromatic heterocycles. The van der Waals surface area contributed by atoms with Gasteiger partial charge in [0.05, 0.1) is 0 Å². The minimum atomic E-state index is -0.581. The quantitative estimate of drug-likeness (QED) is 0.877. The summed E-state index contributed by atoms with van der Waals surface area (Å²) in [6.45, 7) is 4.69. The molecule has 0 aromatic carbocycles. The van der Waals surface area contributed by atoms with E-state index in [2.05, 4.69) is 17.2 Å². The molecule has 1 saturated heterocycles. The van der Waals surface area contributed by atoms with Crippen LogP contribution >= 0.6 is 0 Å². The molecule has 1 fully saturated rings. The lowest BCUT2D eigenvalue weighted by Crippen LogP contribution is -2.48. The van der Waals surface area contributed by atoms with E-state index in [0.717, 1.165) is 19.4 Å². The summed E-state index contributed by atoms with van der Waals surface area (Å²) >= 11 is 0. The monoisotopic (exact) mass is 290 g/mol. The summed E-state index contributed by atoms with van der Waals surface area (Å²) in [4.78, 5) is 29.6. The minimum absolute atomic E-state index is 0.0634. The van der Waals surface area contributed by atoms with E-state index in [9.17, 15) is 9.59 Å². The minimum Gasteiger partial charge on any atom is -0.364 e. The molecule has 21 heavy (non-hydrogen) atoms. The van der Waals surface area contributed by atoms with E-state index >= 15 is 0 Å². The van der Waals surface area contributed by atoms with Gasteiger partial charge in [-0.1, -0.05) is 6.07 Å². The maximum absolute atomic E-state index is 12.5. The van der Waals surface area contributed by atoms with Crippen molar-refractivity contribution in [3.8, 4) is 0 Å². The van der Waals surface area contributed by atoms with E-state index in [1.54, 1.807) is 18.2 Å². The number of amides is 2. The summed E-state index contributed by atoms with van der Waals surface area (Å²) in [5.74, 6) is -0.0347. The van der Waals surface area contributed by atoms with Crippen LogP contribution in [0.2, 0.25) is 0 Å². The fourth-order valence-electron chi connectivity index (χ4n) is 2.61. The molecule has 0 bridgehead atoms. The first kappa shape index (κ1) is 15.3. The molecule has 2 amide bonds. The Balaban J connectivity index is 2.03. The summed E-state index contributed by atoms with van der Waals surface area (Å²) in [6.07, 6.45) is 3.28. The molecular formula is C15H22N4O2. The van der Waals surface area contributed by atoms with Crippen LogP contribution in [-0.4, -0.2) is 40.3 Å². The Hall–Kier alpha value is -2.11. The Morgan fingerprint density at radius 2 is 2.19 bits per heavy atom. The average molecular weight is 290 g/mol. The number of aromatic nitrogens is 1. The van der Waals surface area contributed by atoms with Gasteiger partial charge < -0.3 is 16.0 Å². The number of carbonyl (C=O) groups excluding carboxylic acids is 2. The predicted molar refractivity (Wildman–Crippen MR) is 80.9 cm³/mol. The number of hydrogen-bond acceptors (Lipinski definition) is 4. The maximum atomic E-state index is 12.5. The Morgan fingerprint density at radius 3 is 2.86 bits per heavy atom. The van der Waals surface area contributed by atoms with Crippen molar-refractivity contribution in [2.24, 2.45) is 5.73 Å². The SMILES string of the molecule is C[C@H](Nc1cccc(C(N)=O)n1)C(=O)N1CCCC[C@@H]1C. The Kier molecular flexibility index (Phi) is 4.77. The second-order valence-corrected chi connectivity index (χ2v) is 5.51. The molecule has 2 heterocycles. The third-order valence-electron chi connectivity index (χ3n) is 3.82. The van der Waals surface area contributed by atoms with Crippen LogP contribution in [0.4, 0.5) is 5.82 Å². The standard InChI is InChI=1S/C15H22N4O2/c1-10-6-3-4-9-19(10)15(21)11(2)17-13-8-5-7-12(18-13)14(16)20/h5,7-8,10-11H,3-4,6,9H2,1-2H3,(H2,16,20)(H,17,18)/t10-,11-/m0/s1. The van der Waals surface area contributed by atoms with Crippen LogP contribution in [0.5, 0.6) is 0 Å². The number of hydrogen-bond donors (Lipinski definition) is 2. The summed E-state index contributed by atoms with van der Waals surface area (Å²) in [5, 5.41) is 3.04. The molecule has 2 atom stereocenters. The van der Waals surface area contributed by atoms with Crippen molar-refractivity contribution in [1.29, 1.82) is 0 Å². The first-order chi connectivity index (χ1) is 9.99. The molecular weight excluding hydrogens is 268 g/mol. The zero-order valence-electron chi connectivity index (χ0n) is 12.5. The van der Waals surface area contributed by atoms with Crippen LogP contribution < -0.4 is 11.1 Å². The van der Waals surface area contributed by atoms with Crippen LogP contribution in [0.15, 0.2) is 18.2 Å². The zero-order valence-corrected chi connectivity index (χ0v) is 12.5. The number of nitrogens with two attached hydrogens (primary N) is 1. The lowest BCUT2D eigenvalue weighted by Gasteiger charge is -2.35. The number of carbonyl (C=O) groups is 2. The first-order valence-electron chi connectivity index (χ1n) is 7.33. The summed E-state index contributed by atoms with van der Waals surface area (Å²) in [6, 6.07) is 4.85. The van der Waals surface area contributed by atoms with Crippen molar-refractivity contribution >= 4 is 17.6 Å². The molecule has 0 aliphatic carbocycles. The van der Waals surface area contributed by atoms with Crippen molar-refractivity contribution < 1.29 is 9.59 Å². The van der Waals surface area contributed by atoms with Gasteiger partial charge in [-0.05, 0) is 45.2 Å². The molecule has 114 valence electrons.